The minimum absolute atomic E-state index is 0.0227. The predicted molar refractivity (Wildman–Crippen MR) is 87.5 cm³/mol. The van der Waals surface area contributed by atoms with Gasteiger partial charge in [0.1, 0.15) is 5.82 Å². The number of hydrogen-bond donors (Lipinski definition) is 2. The van der Waals surface area contributed by atoms with Crippen LogP contribution in [0.3, 0.4) is 0 Å². The van der Waals surface area contributed by atoms with Gasteiger partial charge in [0.15, 0.2) is 0 Å². The van der Waals surface area contributed by atoms with E-state index >= 15 is 0 Å². The fourth-order valence-corrected chi connectivity index (χ4v) is 3.20. The van der Waals surface area contributed by atoms with Gasteiger partial charge in [0.25, 0.3) is 0 Å². The number of H-pyrrole nitrogens is 1. The number of hydrogen-bond acceptors (Lipinski definition) is 1. The van der Waals surface area contributed by atoms with Gasteiger partial charge in [-0.2, -0.15) is 0 Å². The van der Waals surface area contributed by atoms with Gasteiger partial charge in [0.05, 0.1) is 5.41 Å². The Morgan fingerprint density at radius 3 is 2.65 bits per heavy atom. The molecule has 0 aliphatic heterocycles. The van der Waals surface area contributed by atoms with E-state index in [0.717, 1.165) is 29.3 Å². The first-order chi connectivity index (χ1) is 11.2. The summed E-state index contributed by atoms with van der Waals surface area (Å²) in [5.74, 6) is -0.310. The normalized spacial score (nSPS) is 15.5. The second-order valence-corrected chi connectivity index (χ2v) is 6.10. The number of benzene rings is 2. The summed E-state index contributed by atoms with van der Waals surface area (Å²) in [4.78, 5) is 15.9. The molecule has 1 aliphatic carbocycles. The monoisotopic (exact) mass is 308 g/mol. The topological polar surface area (TPSA) is 44.9 Å². The van der Waals surface area contributed by atoms with Crippen LogP contribution in [0, 0.1) is 5.82 Å². The Bertz CT molecular complexity index is 880. The van der Waals surface area contributed by atoms with Crippen molar-refractivity contribution in [3.63, 3.8) is 0 Å². The van der Waals surface area contributed by atoms with Crippen molar-refractivity contribution in [3.05, 3.63) is 71.7 Å². The van der Waals surface area contributed by atoms with E-state index in [0.29, 0.717) is 5.56 Å². The van der Waals surface area contributed by atoms with E-state index in [9.17, 15) is 9.18 Å². The second-order valence-electron chi connectivity index (χ2n) is 6.10. The van der Waals surface area contributed by atoms with Crippen LogP contribution in [0.15, 0.2) is 54.7 Å². The third-order valence-electron chi connectivity index (χ3n) is 4.69. The Hall–Kier alpha value is -2.62. The number of rotatable bonds is 4. The highest BCUT2D eigenvalue weighted by Crippen LogP contribution is 2.50. The van der Waals surface area contributed by atoms with E-state index in [1.165, 1.54) is 6.07 Å². The largest absolute Gasteiger partial charge is 0.361 e. The molecule has 4 rings (SSSR count). The molecule has 1 heterocycles. The van der Waals surface area contributed by atoms with Gasteiger partial charge in [0.2, 0.25) is 5.91 Å². The maximum Gasteiger partial charge on any atom is 0.231 e. The van der Waals surface area contributed by atoms with Crippen molar-refractivity contribution in [1.29, 1.82) is 0 Å². The molecule has 0 radical (unpaired) electrons. The van der Waals surface area contributed by atoms with E-state index in [-0.39, 0.29) is 18.3 Å². The zero-order valence-corrected chi connectivity index (χ0v) is 12.6. The second kappa shape index (κ2) is 5.23. The summed E-state index contributed by atoms with van der Waals surface area (Å²) in [7, 11) is 0. The molecule has 1 aromatic heterocycles. The van der Waals surface area contributed by atoms with Crippen molar-refractivity contribution in [1.82, 2.24) is 10.3 Å². The molecular weight excluding hydrogens is 291 g/mol. The fourth-order valence-electron chi connectivity index (χ4n) is 3.20. The van der Waals surface area contributed by atoms with Crippen molar-refractivity contribution < 1.29 is 9.18 Å². The van der Waals surface area contributed by atoms with Crippen LogP contribution in [-0.2, 0) is 16.8 Å². The molecule has 3 nitrogen and oxygen atoms in total. The third kappa shape index (κ3) is 2.31. The number of carbonyl (C=O) groups excluding carboxylic acids is 1. The lowest BCUT2D eigenvalue weighted by Crippen LogP contribution is -2.34. The van der Waals surface area contributed by atoms with Crippen LogP contribution in [0.2, 0.25) is 0 Å². The zero-order chi connectivity index (χ0) is 15.9. The molecular formula is C19H17FN2O. The van der Waals surface area contributed by atoms with Crippen LogP contribution >= 0.6 is 0 Å². The molecule has 0 unspecified atom stereocenters. The van der Waals surface area contributed by atoms with Gasteiger partial charge in [-0.05, 0) is 30.5 Å². The van der Waals surface area contributed by atoms with E-state index in [2.05, 4.69) is 10.3 Å². The predicted octanol–water partition coefficient (Wildman–Crippen LogP) is 3.66. The number of carbonyl (C=O) groups is 1. The van der Waals surface area contributed by atoms with Crippen LogP contribution in [0.25, 0.3) is 10.9 Å². The Labute approximate surface area is 133 Å². The van der Waals surface area contributed by atoms with Gasteiger partial charge < -0.3 is 10.3 Å². The van der Waals surface area contributed by atoms with Crippen LogP contribution < -0.4 is 5.32 Å². The van der Waals surface area contributed by atoms with Gasteiger partial charge in [0, 0.05) is 29.2 Å². The number of halogens is 1. The van der Waals surface area contributed by atoms with Crippen molar-refractivity contribution in [2.75, 3.05) is 0 Å². The molecule has 0 saturated heterocycles. The van der Waals surface area contributed by atoms with Gasteiger partial charge in [-0.15, -0.1) is 0 Å². The number of fused-ring (bicyclic) bond motifs is 1. The molecule has 3 aromatic rings. The van der Waals surface area contributed by atoms with Crippen molar-refractivity contribution >= 4 is 16.8 Å². The molecule has 116 valence electrons. The number of nitrogens with one attached hydrogen (secondary N) is 2. The minimum atomic E-state index is -0.467. The lowest BCUT2D eigenvalue weighted by atomic mass is 9.94. The van der Waals surface area contributed by atoms with Crippen LogP contribution in [-0.4, -0.2) is 10.9 Å². The first-order valence-corrected chi connectivity index (χ1v) is 7.79. The SMILES string of the molecule is O=C(NCc1ccccc1F)C1(c2c[nH]c3ccccc23)CC1. The summed E-state index contributed by atoms with van der Waals surface area (Å²) in [6.07, 6.45) is 3.59. The Kier molecular flexibility index (Phi) is 3.18. The van der Waals surface area contributed by atoms with Crippen molar-refractivity contribution in [2.24, 2.45) is 0 Å². The van der Waals surface area contributed by atoms with Gasteiger partial charge in [-0.3, -0.25) is 4.79 Å². The molecule has 0 atom stereocenters. The first-order valence-electron chi connectivity index (χ1n) is 7.79. The van der Waals surface area contributed by atoms with Gasteiger partial charge in [-0.1, -0.05) is 36.4 Å². The minimum Gasteiger partial charge on any atom is -0.361 e. The molecule has 0 bridgehead atoms. The average Bonchev–Trinajstić information content (AvgIpc) is 3.27. The smallest absolute Gasteiger partial charge is 0.231 e. The Balaban J connectivity index is 1.57. The zero-order valence-electron chi connectivity index (χ0n) is 12.6. The molecule has 1 saturated carbocycles. The summed E-state index contributed by atoms with van der Waals surface area (Å²) >= 11 is 0. The Morgan fingerprint density at radius 2 is 1.87 bits per heavy atom. The van der Waals surface area contributed by atoms with E-state index in [1.807, 2.05) is 30.5 Å². The van der Waals surface area contributed by atoms with E-state index in [4.69, 9.17) is 0 Å². The lowest BCUT2D eigenvalue weighted by Gasteiger charge is -2.15. The highest BCUT2D eigenvalue weighted by molar-refractivity contribution is 5.97. The summed E-state index contributed by atoms with van der Waals surface area (Å²) in [6, 6.07) is 14.5. The summed E-state index contributed by atoms with van der Waals surface area (Å²) < 4.78 is 13.7. The Morgan fingerprint density at radius 1 is 1.13 bits per heavy atom. The number of amides is 1. The van der Waals surface area contributed by atoms with E-state index < -0.39 is 5.41 Å². The van der Waals surface area contributed by atoms with Crippen LogP contribution in [0.1, 0.15) is 24.0 Å². The molecule has 1 fully saturated rings. The third-order valence-corrected chi connectivity index (χ3v) is 4.69. The fraction of sp³-hybridized carbons (Fsp3) is 0.211. The number of aromatic nitrogens is 1. The molecule has 2 N–H and O–H groups in total. The first kappa shape index (κ1) is 14.0. The molecule has 1 amide bonds. The van der Waals surface area contributed by atoms with Crippen LogP contribution in [0.4, 0.5) is 4.39 Å². The maximum absolute atomic E-state index is 13.7. The van der Waals surface area contributed by atoms with Crippen molar-refractivity contribution in [3.8, 4) is 0 Å². The van der Waals surface area contributed by atoms with Crippen LogP contribution in [0.5, 0.6) is 0 Å². The summed E-state index contributed by atoms with van der Waals surface area (Å²) in [6.45, 7) is 0.218. The highest BCUT2D eigenvalue weighted by atomic mass is 19.1. The average molecular weight is 308 g/mol. The lowest BCUT2D eigenvalue weighted by molar-refractivity contribution is -0.123. The molecule has 23 heavy (non-hydrogen) atoms. The quantitative estimate of drug-likeness (QED) is 0.759. The van der Waals surface area contributed by atoms with Gasteiger partial charge in [-0.25, -0.2) is 4.39 Å². The van der Waals surface area contributed by atoms with Crippen molar-refractivity contribution in [2.45, 2.75) is 24.8 Å². The summed E-state index contributed by atoms with van der Waals surface area (Å²) in [5, 5.41) is 3.99. The number of para-hydroxylation sites is 1. The standard InChI is InChI=1S/C19H17FN2O/c20-16-7-3-1-5-13(16)11-22-18(23)19(9-10-19)15-12-21-17-8-4-2-6-14(15)17/h1-8,12,21H,9-11H2,(H,22,23). The maximum atomic E-state index is 13.7. The molecule has 1 aliphatic rings. The molecule has 0 spiro atoms. The van der Waals surface area contributed by atoms with Gasteiger partial charge >= 0.3 is 0 Å². The summed E-state index contributed by atoms with van der Waals surface area (Å²) in [5.41, 5.74) is 2.12. The number of aromatic amines is 1. The highest BCUT2D eigenvalue weighted by Gasteiger charge is 2.52. The van der Waals surface area contributed by atoms with E-state index in [1.54, 1.807) is 18.2 Å². The molecule has 4 heteroatoms. The molecule has 2 aromatic carbocycles.